The number of hydrogen-bond donors (Lipinski definition) is 2. The third kappa shape index (κ3) is 4.06. The van der Waals surface area contributed by atoms with Gasteiger partial charge in [-0.25, -0.2) is 10.8 Å². The molecule has 0 unspecified atom stereocenters. The van der Waals surface area contributed by atoms with Crippen LogP contribution in [-0.4, -0.2) is 16.6 Å². The summed E-state index contributed by atoms with van der Waals surface area (Å²) in [6.07, 6.45) is 0. The molecular weight excluding hydrogens is 280 g/mol. The maximum atomic E-state index is 5.90. The molecule has 2 rings (SSSR count). The molecule has 2 aromatic rings. The second-order valence-electron chi connectivity index (χ2n) is 3.85. The SMILES string of the molecule is CCOCc1nc(NN)cc(Oc2cccc(Cl)c2)n1. The van der Waals surface area contributed by atoms with Crippen molar-refractivity contribution in [1.29, 1.82) is 0 Å². The van der Waals surface area contributed by atoms with Crippen LogP contribution < -0.4 is 16.0 Å². The Morgan fingerprint density at radius 2 is 2.15 bits per heavy atom. The molecule has 0 spiro atoms. The van der Waals surface area contributed by atoms with Crippen molar-refractivity contribution in [3.8, 4) is 11.6 Å². The standard InChI is InChI=1S/C13H15ClN4O2/c1-2-19-8-12-16-11(18-15)7-13(17-12)20-10-5-3-4-9(14)6-10/h3-7H,2,8,15H2,1H3,(H,16,17,18). The molecule has 0 saturated heterocycles. The molecule has 0 bridgehead atoms. The minimum absolute atomic E-state index is 0.290. The van der Waals surface area contributed by atoms with Gasteiger partial charge in [-0.1, -0.05) is 17.7 Å². The lowest BCUT2D eigenvalue weighted by molar-refractivity contribution is 0.128. The summed E-state index contributed by atoms with van der Waals surface area (Å²) in [7, 11) is 0. The van der Waals surface area contributed by atoms with Crippen molar-refractivity contribution in [2.75, 3.05) is 12.0 Å². The summed E-state index contributed by atoms with van der Waals surface area (Å²) >= 11 is 5.90. The molecule has 1 aromatic heterocycles. The molecular formula is C13H15ClN4O2. The van der Waals surface area contributed by atoms with Crippen molar-refractivity contribution in [3.05, 3.63) is 41.2 Å². The average Bonchev–Trinajstić information content (AvgIpc) is 2.45. The molecule has 1 heterocycles. The highest BCUT2D eigenvalue weighted by atomic mass is 35.5. The molecule has 3 N–H and O–H groups in total. The summed E-state index contributed by atoms with van der Waals surface area (Å²) in [5.74, 6) is 7.26. The Balaban J connectivity index is 2.21. The van der Waals surface area contributed by atoms with Crippen LogP contribution in [0.15, 0.2) is 30.3 Å². The number of nitrogens with one attached hydrogen (secondary N) is 1. The second-order valence-corrected chi connectivity index (χ2v) is 4.28. The molecule has 0 amide bonds. The van der Waals surface area contributed by atoms with E-state index in [1.807, 2.05) is 6.92 Å². The monoisotopic (exact) mass is 294 g/mol. The second kappa shape index (κ2) is 7.04. The van der Waals surface area contributed by atoms with Gasteiger partial charge in [0.2, 0.25) is 5.88 Å². The number of rotatable bonds is 6. The summed E-state index contributed by atoms with van der Waals surface area (Å²) in [4.78, 5) is 8.42. The average molecular weight is 295 g/mol. The van der Waals surface area contributed by atoms with Gasteiger partial charge in [-0.2, -0.15) is 4.98 Å². The zero-order chi connectivity index (χ0) is 14.4. The van der Waals surface area contributed by atoms with Crippen molar-refractivity contribution < 1.29 is 9.47 Å². The van der Waals surface area contributed by atoms with E-state index in [1.165, 1.54) is 0 Å². The lowest BCUT2D eigenvalue weighted by Gasteiger charge is -2.09. The first-order chi connectivity index (χ1) is 9.71. The number of anilines is 1. The molecule has 0 aliphatic heterocycles. The van der Waals surface area contributed by atoms with Crippen LogP contribution in [0.25, 0.3) is 0 Å². The Bertz CT molecular complexity index is 580. The summed E-state index contributed by atoms with van der Waals surface area (Å²) < 4.78 is 10.9. The van der Waals surface area contributed by atoms with Crippen LogP contribution in [-0.2, 0) is 11.3 Å². The first-order valence-electron chi connectivity index (χ1n) is 6.07. The summed E-state index contributed by atoms with van der Waals surface area (Å²) in [5.41, 5.74) is 2.47. The van der Waals surface area contributed by atoms with Gasteiger partial charge in [0, 0.05) is 17.7 Å². The summed E-state index contributed by atoms with van der Waals surface area (Å²) in [6, 6.07) is 8.63. The number of nitrogens with two attached hydrogens (primary N) is 1. The third-order valence-electron chi connectivity index (χ3n) is 2.35. The van der Waals surface area contributed by atoms with E-state index in [-0.39, 0.29) is 6.61 Å². The Morgan fingerprint density at radius 3 is 2.85 bits per heavy atom. The normalized spacial score (nSPS) is 10.3. The van der Waals surface area contributed by atoms with Crippen molar-refractivity contribution in [2.24, 2.45) is 5.84 Å². The molecule has 20 heavy (non-hydrogen) atoms. The van der Waals surface area contributed by atoms with Crippen LogP contribution in [0.5, 0.6) is 11.6 Å². The number of hydrazine groups is 1. The highest BCUT2D eigenvalue weighted by Gasteiger charge is 2.06. The molecule has 7 heteroatoms. The maximum absolute atomic E-state index is 5.90. The van der Waals surface area contributed by atoms with Crippen molar-refractivity contribution in [3.63, 3.8) is 0 Å². The first kappa shape index (κ1) is 14.5. The van der Waals surface area contributed by atoms with Crippen molar-refractivity contribution in [2.45, 2.75) is 13.5 Å². The van der Waals surface area contributed by atoms with Crippen LogP contribution in [0.3, 0.4) is 0 Å². The minimum Gasteiger partial charge on any atom is -0.439 e. The Labute approximate surface area is 121 Å². The number of aromatic nitrogens is 2. The van der Waals surface area contributed by atoms with Gasteiger partial charge < -0.3 is 14.9 Å². The molecule has 6 nitrogen and oxygen atoms in total. The van der Waals surface area contributed by atoms with Crippen LogP contribution in [0, 0.1) is 0 Å². The van der Waals surface area contributed by atoms with Gasteiger partial charge in [-0.3, -0.25) is 0 Å². The van der Waals surface area contributed by atoms with Crippen molar-refractivity contribution >= 4 is 17.4 Å². The number of ether oxygens (including phenoxy) is 2. The smallest absolute Gasteiger partial charge is 0.224 e. The number of nitrogens with zero attached hydrogens (tertiary/aromatic N) is 2. The fourth-order valence-electron chi connectivity index (χ4n) is 1.51. The predicted octanol–water partition coefficient (Wildman–Crippen LogP) is 2.74. The van der Waals surface area contributed by atoms with E-state index < -0.39 is 0 Å². The van der Waals surface area contributed by atoms with E-state index in [0.717, 1.165) is 0 Å². The molecule has 0 fully saturated rings. The fourth-order valence-corrected chi connectivity index (χ4v) is 1.69. The third-order valence-corrected chi connectivity index (χ3v) is 2.59. The van der Waals surface area contributed by atoms with Crippen LogP contribution in [0.1, 0.15) is 12.7 Å². The fraction of sp³-hybridized carbons (Fsp3) is 0.231. The van der Waals surface area contributed by atoms with E-state index in [2.05, 4.69) is 15.4 Å². The highest BCUT2D eigenvalue weighted by Crippen LogP contribution is 2.24. The largest absolute Gasteiger partial charge is 0.439 e. The Hall–Kier alpha value is -1.89. The predicted molar refractivity (Wildman–Crippen MR) is 76.7 cm³/mol. The maximum Gasteiger partial charge on any atom is 0.224 e. The van der Waals surface area contributed by atoms with E-state index in [9.17, 15) is 0 Å². The highest BCUT2D eigenvalue weighted by molar-refractivity contribution is 6.30. The van der Waals surface area contributed by atoms with Gasteiger partial charge in [0.05, 0.1) is 0 Å². The molecule has 0 saturated carbocycles. The zero-order valence-electron chi connectivity index (χ0n) is 11.0. The van der Waals surface area contributed by atoms with E-state index in [4.69, 9.17) is 26.9 Å². The molecule has 1 aromatic carbocycles. The molecule has 0 atom stereocenters. The Morgan fingerprint density at radius 1 is 1.30 bits per heavy atom. The van der Waals surface area contributed by atoms with Gasteiger partial charge in [-0.15, -0.1) is 0 Å². The topological polar surface area (TPSA) is 82.3 Å². The number of nitrogen functional groups attached to an aromatic ring is 1. The van der Waals surface area contributed by atoms with E-state index in [0.29, 0.717) is 34.9 Å². The van der Waals surface area contributed by atoms with Crippen LogP contribution in [0.4, 0.5) is 5.82 Å². The van der Waals surface area contributed by atoms with Gasteiger partial charge in [0.15, 0.2) is 5.82 Å². The van der Waals surface area contributed by atoms with Gasteiger partial charge >= 0.3 is 0 Å². The van der Waals surface area contributed by atoms with Crippen LogP contribution in [0.2, 0.25) is 5.02 Å². The number of halogens is 1. The quantitative estimate of drug-likeness (QED) is 0.630. The van der Waals surface area contributed by atoms with Crippen molar-refractivity contribution in [1.82, 2.24) is 9.97 Å². The Kier molecular flexibility index (Phi) is 5.11. The van der Waals surface area contributed by atoms with Crippen LogP contribution >= 0.6 is 11.6 Å². The lowest BCUT2D eigenvalue weighted by Crippen LogP contribution is -2.11. The molecule has 0 aliphatic carbocycles. The molecule has 0 radical (unpaired) electrons. The number of benzene rings is 1. The van der Waals surface area contributed by atoms with Gasteiger partial charge in [0.1, 0.15) is 18.2 Å². The minimum atomic E-state index is 0.290. The molecule has 106 valence electrons. The zero-order valence-corrected chi connectivity index (χ0v) is 11.7. The van der Waals surface area contributed by atoms with E-state index >= 15 is 0 Å². The van der Waals surface area contributed by atoms with Gasteiger partial charge in [0.25, 0.3) is 0 Å². The first-order valence-corrected chi connectivity index (χ1v) is 6.45. The summed E-state index contributed by atoms with van der Waals surface area (Å²) in [6.45, 7) is 2.76. The lowest BCUT2D eigenvalue weighted by atomic mass is 10.3. The molecule has 0 aliphatic rings. The van der Waals surface area contributed by atoms with Gasteiger partial charge in [-0.05, 0) is 25.1 Å². The summed E-state index contributed by atoms with van der Waals surface area (Å²) in [5, 5.41) is 0.586. The van der Waals surface area contributed by atoms with E-state index in [1.54, 1.807) is 30.3 Å². The number of hydrogen-bond acceptors (Lipinski definition) is 6.